The molecule has 4 heteroatoms. The maximum atomic E-state index is 11.6. The van der Waals surface area contributed by atoms with Crippen molar-refractivity contribution in [2.24, 2.45) is 5.16 Å². The van der Waals surface area contributed by atoms with Crippen LogP contribution in [-0.4, -0.2) is 12.3 Å². The Kier molecular flexibility index (Phi) is 4.64. The van der Waals surface area contributed by atoms with Crippen molar-refractivity contribution in [3.63, 3.8) is 0 Å². The van der Waals surface area contributed by atoms with Crippen LogP contribution >= 0.6 is 0 Å². The van der Waals surface area contributed by atoms with Crippen molar-refractivity contribution in [2.75, 3.05) is 0 Å². The molecule has 0 aliphatic heterocycles. The first-order chi connectivity index (χ1) is 11.3. The molecule has 0 bridgehead atoms. The summed E-state index contributed by atoms with van der Waals surface area (Å²) >= 11 is 0. The number of nitrogens with one attached hydrogen (secondary N) is 1. The smallest absolute Gasteiger partial charge is 0.316 e. The zero-order valence-corrected chi connectivity index (χ0v) is 12.5. The van der Waals surface area contributed by atoms with Crippen LogP contribution in [0.4, 0.5) is 4.79 Å². The zero-order chi connectivity index (χ0) is 15.9. The van der Waals surface area contributed by atoms with Crippen molar-refractivity contribution < 1.29 is 9.63 Å². The number of carbonyl (C=O) groups is 1. The maximum absolute atomic E-state index is 11.6. The number of fused-ring (bicyclic) bond motifs is 1. The highest BCUT2D eigenvalue weighted by Crippen LogP contribution is 2.16. The number of rotatable bonds is 4. The molecule has 0 fully saturated rings. The fourth-order valence-corrected chi connectivity index (χ4v) is 2.30. The summed E-state index contributed by atoms with van der Waals surface area (Å²) in [4.78, 5) is 16.5. The van der Waals surface area contributed by atoms with E-state index in [1.165, 1.54) is 0 Å². The molecule has 0 saturated heterocycles. The minimum atomic E-state index is -0.578. The quantitative estimate of drug-likeness (QED) is 0.448. The lowest BCUT2D eigenvalue weighted by molar-refractivity contribution is 0.151. The predicted octanol–water partition coefficient (Wildman–Crippen LogP) is 4.10. The van der Waals surface area contributed by atoms with Crippen molar-refractivity contribution in [2.45, 2.75) is 6.54 Å². The van der Waals surface area contributed by atoms with E-state index in [9.17, 15) is 4.79 Å². The number of hydrogen-bond acceptors (Lipinski definition) is 3. The summed E-state index contributed by atoms with van der Waals surface area (Å²) in [6.07, 6.45) is 0.968. The van der Waals surface area contributed by atoms with Crippen LogP contribution < -0.4 is 5.32 Å². The van der Waals surface area contributed by atoms with Crippen molar-refractivity contribution in [1.29, 1.82) is 0 Å². The predicted molar refractivity (Wildman–Crippen MR) is 91.3 cm³/mol. The van der Waals surface area contributed by atoms with Gasteiger partial charge in [0.2, 0.25) is 0 Å². The van der Waals surface area contributed by atoms with Gasteiger partial charge in [0.25, 0.3) is 0 Å². The Bertz CT molecular complexity index is 824. The molecule has 3 rings (SSSR count). The van der Waals surface area contributed by atoms with E-state index in [0.29, 0.717) is 6.54 Å². The summed E-state index contributed by atoms with van der Waals surface area (Å²) in [7, 11) is 0. The first-order valence-corrected chi connectivity index (χ1v) is 7.33. The van der Waals surface area contributed by atoms with Gasteiger partial charge < -0.3 is 5.32 Å². The lowest BCUT2D eigenvalue weighted by atomic mass is 10.1. The van der Waals surface area contributed by atoms with E-state index in [2.05, 4.69) is 10.5 Å². The van der Waals surface area contributed by atoms with Crippen molar-refractivity contribution in [3.05, 3.63) is 83.9 Å². The Labute approximate surface area is 134 Å². The molecule has 0 unspecified atom stereocenters. The molecule has 0 aliphatic rings. The Morgan fingerprint density at radius 3 is 2.57 bits per heavy atom. The van der Waals surface area contributed by atoms with E-state index in [1.54, 1.807) is 6.21 Å². The molecule has 0 spiro atoms. The monoisotopic (exact) mass is 304 g/mol. The number of carbonyl (C=O) groups excluding carboxylic acids is 1. The van der Waals surface area contributed by atoms with Crippen LogP contribution in [0.3, 0.4) is 0 Å². The topological polar surface area (TPSA) is 50.7 Å². The van der Waals surface area contributed by atoms with Gasteiger partial charge in [-0.05, 0) is 16.3 Å². The Hall–Kier alpha value is -3.14. The van der Waals surface area contributed by atoms with Crippen LogP contribution in [0.2, 0.25) is 0 Å². The SMILES string of the molecule is O=C(NCc1ccccc1)O/N=C/c1cccc2ccccc12. The second-order valence-electron chi connectivity index (χ2n) is 5.02. The highest BCUT2D eigenvalue weighted by Gasteiger charge is 2.01. The fourth-order valence-electron chi connectivity index (χ4n) is 2.30. The maximum Gasteiger partial charge on any atom is 0.433 e. The molecular formula is C19H16N2O2. The molecule has 1 N–H and O–H groups in total. The van der Waals surface area contributed by atoms with Crippen molar-refractivity contribution in [3.8, 4) is 0 Å². The van der Waals surface area contributed by atoms with Crippen LogP contribution in [0, 0.1) is 0 Å². The number of amides is 1. The van der Waals surface area contributed by atoms with Gasteiger partial charge in [-0.25, -0.2) is 4.79 Å². The van der Waals surface area contributed by atoms with E-state index in [4.69, 9.17) is 4.84 Å². The Morgan fingerprint density at radius 2 is 1.70 bits per heavy atom. The lowest BCUT2D eigenvalue weighted by Gasteiger charge is -2.03. The normalized spacial score (nSPS) is 10.8. The molecule has 114 valence electrons. The van der Waals surface area contributed by atoms with E-state index in [1.807, 2.05) is 72.8 Å². The standard InChI is InChI=1S/C19H16N2O2/c22-19(20-13-15-7-2-1-3-8-15)23-21-14-17-11-6-10-16-9-4-5-12-18(16)17/h1-12,14H,13H2,(H,20,22)/b21-14+. The summed E-state index contributed by atoms with van der Waals surface area (Å²) in [6, 6.07) is 23.5. The molecule has 0 radical (unpaired) electrons. The number of benzene rings is 3. The highest BCUT2D eigenvalue weighted by atomic mass is 16.7. The fraction of sp³-hybridized carbons (Fsp3) is 0.0526. The largest absolute Gasteiger partial charge is 0.433 e. The summed E-state index contributed by atoms with van der Waals surface area (Å²) in [6.45, 7) is 0.406. The number of oxime groups is 1. The molecule has 3 aromatic carbocycles. The molecule has 23 heavy (non-hydrogen) atoms. The van der Waals surface area contributed by atoms with E-state index in [-0.39, 0.29) is 0 Å². The second-order valence-corrected chi connectivity index (χ2v) is 5.02. The molecule has 0 aliphatic carbocycles. The Morgan fingerprint density at radius 1 is 0.957 bits per heavy atom. The Balaban J connectivity index is 1.59. The highest BCUT2D eigenvalue weighted by molar-refractivity contribution is 5.99. The van der Waals surface area contributed by atoms with Crippen molar-refractivity contribution >= 4 is 23.1 Å². The molecule has 4 nitrogen and oxygen atoms in total. The van der Waals surface area contributed by atoms with Crippen LogP contribution in [0.25, 0.3) is 10.8 Å². The molecule has 1 amide bonds. The van der Waals surface area contributed by atoms with Crippen LogP contribution in [-0.2, 0) is 11.4 Å². The molecular weight excluding hydrogens is 288 g/mol. The van der Waals surface area contributed by atoms with Crippen LogP contribution in [0.1, 0.15) is 11.1 Å². The number of nitrogens with zero attached hydrogens (tertiary/aromatic N) is 1. The third kappa shape index (κ3) is 3.95. The van der Waals surface area contributed by atoms with Gasteiger partial charge in [0.15, 0.2) is 0 Å². The minimum Gasteiger partial charge on any atom is -0.316 e. The molecule has 0 heterocycles. The summed E-state index contributed by atoms with van der Waals surface area (Å²) in [5, 5.41) is 8.59. The van der Waals surface area contributed by atoms with Gasteiger partial charge in [0.05, 0.1) is 6.21 Å². The van der Waals surface area contributed by atoms with E-state index < -0.39 is 6.09 Å². The van der Waals surface area contributed by atoms with Gasteiger partial charge in [-0.3, -0.25) is 4.84 Å². The summed E-state index contributed by atoms with van der Waals surface area (Å²) in [5.74, 6) is 0. The summed E-state index contributed by atoms with van der Waals surface area (Å²) in [5.41, 5.74) is 1.90. The molecule has 0 aromatic heterocycles. The molecule has 0 saturated carbocycles. The van der Waals surface area contributed by atoms with Gasteiger partial charge in [-0.15, -0.1) is 0 Å². The average Bonchev–Trinajstić information content (AvgIpc) is 2.61. The lowest BCUT2D eigenvalue weighted by Crippen LogP contribution is -2.22. The molecule has 3 aromatic rings. The second kappa shape index (κ2) is 7.22. The third-order valence-corrected chi connectivity index (χ3v) is 3.43. The summed E-state index contributed by atoms with van der Waals surface area (Å²) < 4.78 is 0. The third-order valence-electron chi connectivity index (χ3n) is 3.43. The first kappa shape index (κ1) is 14.8. The van der Waals surface area contributed by atoms with Gasteiger partial charge in [-0.1, -0.05) is 78.0 Å². The first-order valence-electron chi connectivity index (χ1n) is 7.33. The van der Waals surface area contributed by atoms with E-state index >= 15 is 0 Å². The minimum absolute atomic E-state index is 0.406. The van der Waals surface area contributed by atoms with Gasteiger partial charge >= 0.3 is 6.09 Å². The molecule has 0 atom stereocenters. The van der Waals surface area contributed by atoms with Crippen molar-refractivity contribution in [1.82, 2.24) is 5.32 Å². The van der Waals surface area contributed by atoms with Crippen LogP contribution in [0.15, 0.2) is 78.0 Å². The van der Waals surface area contributed by atoms with Gasteiger partial charge in [-0.2, -0.15) is 0 Å². The van der Waals surface area contributed by atoms with Gasteiger partial charge in [0.1, 0.15) is 0 Å². The van der Waals surface area contributed by atoms with Crippen LogP contribution in [0.5, 0.6) is 0 Å². The van der Waals surface area contributed by atoms with Gasteiger partial charge in [0, 0.05) is 12.1 Å². The zero-order valence-electron chi connectivity index (χ0n) is 12.5. The average molecular weight is 304 g/mol. The van der Waals surface area contributed by atoms with E-state index in [0.717, 1.165) is 21.9 Å². The number of hydrogen-bond donors (Lipinski definition) is 1.